The third kappa shape index (κ3) is 3.38. The first-order chi connectivity index (χ1) is 13.0. The molecule has 1 fully saturated rings. The maximum Gasteiger partial charge on any atom is 0.281 e. The van der Waals surface area contributed by atoms with Crippen LogP contribution in [0.5, 0.6) is 11.5 Å². The van der Waals surface area contributed by atoms with Crippen LogP contribution in [0.15, 0.2) is 42.1 Å². The standard InChI is InChI=1S/C20H17ClN2O3S/c1-12-5-2-3-6-16(12)23-19(24)15(22-20(23)27)10-13-9-14(21)18-17(11-13)25-7-4-8-26-18/h2-3,5-6,9-11H,4,7-8H2,1H3,(H,22,27). The van der Waals surface area contributed by atoms with Gasteiger partial charge in [-0.05, 0) is 54.5 Å². The van der Waals surface area contributed by atoms with Gasteiger partial charge in [0, 0.05) is 6.42 Å². The Morgan fingerprint density at radius 3 is 2.81 bits per heavy atom. The molecule has 0 saturated carbocycles. The van der Waals surface area contributed by atoms with Crippen LogP contribution in [0.3, 0.4) is 0 Å². The molecule has 2 aromatic rings. The number of rotatable bonds is 2. The molecule has 5 nitrogen and oxygen atoms in total. The van der Waals surface area contributed by atoms with E-state index in [4.69, 9.17) is 33.3 Å². The summed E-state index contributed by atoms with van der Waals surface area (Å²) in [5, 5.41) is 3.79. The molecule has 1 N–H and O–H groups in total. The van der Waals surface area contributed by atoms with E-state index in [1.54, 1.807) is 12.1 Å². The van der Waals surface area contributed by atoms with Crippen LogP contribution >= 0.6 is 23.8 Å². The molecular weight excluding hydrogens is 384 g/mol. The Morgan fingerprint density at radius 2 is 2.00 bits per heavy atom. The van der Waals surface area contributed by atoms with Gasteiger partial charge >= 0.3 is 0 Å². The molecule has 27 heavy (non-hydrogen) atoms. The minimum atomic E-state index is -0.211. The molecule has 1 amide bonds. The number of nitrogens with zero attached hydrogens (tertiary/aromatic N) is 1. The fourth-order valence-electron chi connectivity index (χ4n) is 3.07. The number of carbonyl (C=O) groups is 1. The minimum absolute atomic E-state index is 0.211. The SMILES string of the molecule is Cc1ccccc1N1C(=O)C(=Cc2cc(Cl)c3c(c2)OCCCO3)NC1=S. The highest BCUT2D eigenvalue weighted by Gasteiger charge is 2.32. The molecule has 2 heterocycles. The number of anilines is 1. The summed E-state index contributed by atoms with van der Waals surface area (Å²) in [4.78, 5) is 14.4. The van der Waals surface area contributed by atoms with Crippen LogP contribution in [0, 0.1) is 6.92 Å². The molecule has 2 aromatic carbocycles. The van der Waals surface area contributed by atoms with Crippen molar-refractivity contribution in [3.63, 3.8) is 0 Å². The van der Waals surface area contributed by atoms with Crippen LogP contribution < -0.4 is 19.7 Å². The predicted octanol–water partition coefficient (Wildman–Crippen LogP) is 4.07. The van der Waals surface area contributed by atoms with Gasteiger partial charge < -0.3 is 14.8 Å². The molecule has 0 aromatic heterocycles. The third-order valence-corrected chi connectivity index (χ3v) is 4.94. The lowest BCUT2D eigenvalue weighted by Crippen LogP contribution is -2.30. The number of benzene rings is 2. The summed E-state index contributed by atoms with van der Waals surface area (Å²) in [6.45, 7) is 3.06. The number of aryl methyl sites for hydroxylation is 1. The number of hydrogen-bond acceptors (Lipinski definition) is 4. The Bertz CT molecular complexity index is 974. The van der Waals surface area contributed by atoms with Crippen molar-refractivity contribution in [2.75, 3.05) is 18.1 Å². The average Bonchev–Trinajstić information content (AvgIpc) is 2.80. The Balaban J connectivity index is 1.68. The monoisotopic (exact) mass is 400 g/mol. The number of hydrogen-bond donors (Lipinski definition) is 1. The highest BCUT2D eigenvalue weighted by Crippen LogP contribution is 2.38. The van der Waals surface area contributed by atoms with Crippen LogP contribution in [0.1, 0.15) is 17.5 Å². The van der Waals surface area contributed by atoms with Crippen molar-refractivity contribution in [1.82, 2.24) is 5.32 Å². The lowest BCUT2D eigenvalue weighted by Gasteiger charge is -2.16. The van der Waals surface area contributed by atoms with Gasteiger partial charge in [0.2, 0.25) is 0 Å². The molecule has 4 rings (SSSR count). The summed E-state index contributed by atoms with van der Waals surface area (Å²) in [6, 6.07) is 11.2. The van der Waals surface area contributed by atoms with Gasteiger partial charge in [0.15, 0.2) is 16.6 Å². The first-order valence-electron chi connectivity index (χ1n) is 8.56. The van der Waals surface area contributed by atoms with Crippen LogP contribution in [0.4, 0.5) is 5.69 Å². The molecule has 0 bridgehead atoms. The fraction of sp³-hybridized carbons (Fsp3) is 0.200. The molecular formula is C20H17ClN2O3S. The van der Waals surface area contributed by atoms with Crippen LogP contribution in [0.25, 0.3) is 6.08 Å². The zero-order valence-corrected chi connectivity index (χ0v) is 16.2. The van der Waals surface area contributed by atoms with Crippen LogP contribution in [-0.2, 0) is 4.79 Å². The molecule has 1 saturated heterocycles. The van der Waals surface area contributed by atoms with E-state index in [-0.39, 0.29) is 5.91 Å². The average molecular weight is 401 g/mol. The predicted molar refractivity (Wildman–Crippen MR) is 109 cm³/mol. The molecule has 0 unspecified atom stereocenters. The minimum Gasteiger partial charge on any atom is -0.489 e. The van der Waals surface area contributed by atoms with Gasteiger partial charge in [-0.1, -0.05) is 29.8 Å². The number of fused-ring (bicyclic) bond motifs is 1. The second kappa shape index (κ2) is 7.21. The van der Waals surface area contributed by atoms with Crippen molar-refractivity contribution in [2.45, 2.75) is 13.3 Å². The highest BCUT2D eigenvalue weighted by atomic mass is 35.5. The van der Waals surface area contributed by atoms with Crippen molar-refractivity contribution < 1.29 is 14.3 Å². The van der Waals surface area contributed by atoms with Gasteiger partial charge in [-0.2, -0.15) is 0 Å². The normalized spacial score (nSPS) is 17.9. The zero-order valence-electron chi connectivity index (χ0n) is 14.6. The Kier molecular flexibility index (Phi) is 4.76. The number of ether oxygens (including phenoxy) is 2. The summed E-state index contributed by atoms with van der Waals surface area (Å²) in [6.07, 6.45) is 2.51. The maximum atomic E-state index is 12.9. The first-order valence-corrected chi connectivity index (χ1v) is 9.35. The van der Waals surface area contributed by atoms with E-state index in [1.807, 2.05) is 37.3 Å². The van der Waals surface area contributed by atoms with Gasteiger partial charge in [0.1, 0.15) is 5.70 Å². The fourth-order valence-corrected chi connectivity index (χ4v) is 3.63. The van der Waals surface area contributed by atoms with E-state index in [0.717, 1.165) is 23.2 Å². The molecule has 138 valence electrons. The van der Waals surface area contributed by atoms with E-state index in [2.05, 4.69) is 5.32 Å². The molecule has 0 atom stereocenters. The van der Waals surface area contributed by atoms with Gasteiger partial charge in [-0.25, -0.2) is 0 Å². The number of halogens is 1. The smallest absolute Gasteiger partial charge is 0.281 e. The maximum absolute atomic E-state index is 12.9. The molecule has 0 radical (unpaired) electrons. The van der Waals surface area contributed by atoms with Crippen molar-refractivity contribution in [1.29, 1.82) is 0 Å². The number of para-hydroxylation sites is 1. The Morgan fingerprint density at radius 1 is 1.22 bits per heavy atom. The first kappa shape index (κ1) is 17.8. The van der Waals surface area contributed by atoms with Crippen molar-refractivity contribution in [3.05, 3.63) is 58.2 Å². The van der Waals surface area contributed by atoms with E-state index in [1.165, 1.54) is 4.90 Å². The van der Waals surface area contributed by atoms with Crippen molar-refractivity contribution in [2.24, 2.45) is 0 Å². The van der Waals surface area contributed by atoms with E-state index >= 15 is 0 Å². The summed E-state index contributed by atoms with van der Waals surface area (Å²) in [7, 11) is 0. The molecule has 7 heteroatoms. The molecule has 2 aliphatic rings. The van der Waals surface area contributed by atoms with E-state index in [0.29, 0.717) is 40.5 Å². The summed E-state index contributed by atoms with van der Waals surface area (Å²) in [5.74, 6) is 0.909. The lowest BCUT2D eigenvalue weighted by atomic mass is 10.1. The number of amides is 1. The quantitative estimate of drug-likeness (QED) is 0.608. The van der Waals surface area contributed by atoms with Crippen molar-refractivity contribution >= 4 is 46.6 Å². The van der Waals surface area contributed by atoms with E-state index < -0.39 is 0 Å². The van der Waals surface area contributed by atoms with Crippen molar-refractivity contribution in [3.8, 4) is 11.5 Å². The summed E-state index contributed by atoms with van der Waals surface area (Å²) >= 11 is 11.7. The second-order valence-electron chi connectivity index (χ2n) is 6.30. The van der Waals surface area contributed by atoms with Gasteiger partial charge in [-0.3, -0.25) is 9.69 Å². The number of nitrogens with one attached hydrogen (secondary N) is 1. The molecule has 0 spiro atoms. The third-order valence-electron chi connectivity index (χ3n) is 4.37. The summed E-state index contributed by atoms with van der Waals surface area (Å²) in [5.41, 5.74) is 2.85. The van der Waals surface area contributed by atoms with Gasteiger partial charge in [0.05, 0.1) is 23.9 Å². The van der Waals surface area contributed by atoms with E-state index in [9.17, 15) is 4.79 Å². The van der Waals surface area contributed by atoms with Crippen LogP contribution in [0.2, 0.25) is 5.02 Å². The molecule has 0 aliphatic carbocycles. The van der Waals surface area contributed by atoms with Gasteiger partial charge in [0.25, 0.3) is 5.91 Å². The molecule has 2 aliphatic heterocycles. The Hall–Kier alpha value is -2.57. The highest BCUT2D eigenvalue weighted by molar-refractivity contribution is 7.80. The lowest BCUT2D eigenvalue weighted by molar-refractivity contribution is -0.113. The zero-order chi connectivity index (χ0) is 19.0. The Labute approximate surface area is 167 Å². The number of thiocarbonyl (C=S) groups is 1. The number of carbonyl (C=O) groups excluding carboxylic acids is 1. The summed E-state index contributed by atoms with van der Waals surface area (Å²) < 4.78 is 11.3. The second-order valence-corrected chi connectivity index (χ2v) is 7.09. The van der Waals surface area contributed by atoms with Crippen LogP contribution in [-0.4, -0.2) is 24.2 Å². The topological polar surface area (TPSA) is 50.8 Å². The largest absolute Gasteiger partial charge is 0.489 e. The van der Waals surface area contributed by atoms with Gasteiger partial charge in [-0.15, -0.1) is 0 Å².